The van der Waals surface area contributed by atoms with E-state index in [9.17, 15) is 0 Å². The van der Waals surface area contributed by atoms with Gasteiger partial charge in [-0.3, -0.25) is 0 Å². The van der Waals surface area contributed by atoms with Crippen molar-refractivity contribution in [3.63, 3.8) is 0 Å². The minimum Gasteiger partial charge on any atom is -0.456 e. The number of aliphatic imine (C=N–C) groups is 2. The SMILES string of the molecule is c1ccc(C2=NC(c3cccc4oc5cccc(-c6ccc7oc8ccc(-n9c%10ccccc%10c%10ccccc%109)cc8c7c6)c5c34)NC(c3ccccc3)=N2)cc1. The lowest BCUT2D eigenvalue weighted by atomic mass is 9.95. The van der Waals surface area contributed by atoms with E-state index in [1.807, 2.05) is 48.5 Å². The molecule has 6 heteroatoms. The Morgan fingerprint density at radius 2 is 1.07 bits per heavy atom. The highest BCUT2D eigenvalue weighted by molar-refractivity contribution is 6.17. The number of rotatable bonds is 5. The van der Waals surface area contributed by atoms with Crippen LogP contribution in [0.15, 0.2) is 201 Å². The van der Waals surface area contributed by atoms with Crippen LogP contribution in [0.3, 0.4) is 0 Å². The van der Waals surface area contributed by atoms with Gasteiger partial charge in [0.2, 0.25) is 0 Å². The van der Waals surface area contributed by atoms with Crippen molar-refractivity contribution in [1.29, 1.82) is 0 Å². The third-order valence-electron chi connectivity index (χ3n) is 11.3. The lowest BCUT2D eigenvalue weighted by molar-refractivity contribution is 0.662. The van der Waals surface area contributed by atoms with E-state index in [2.05, 4.69) is 143 Å². The fraction of sp³-hybridized carbons (Fsp3) is 0.0196. The molecule has 0 radical (unpaired) electrons. The summed E-state index contributed by atoms with van der Waals surface area (Å²) in [6.07, 6.45) is -0.412. The number of nitrogens with zero attached hydrogens (tertiary/aromatic N) is 3. The van der Waals surface area contributed by atoms with Crippen molar-refractivity contribution in [1.82, 2.24) is 9.88 Å². The Morgan fingerprint density at radius 3 is 1.82 bits per heavy atom. The van der Waals surface area contributed by atoms with Gasteiger partial charge in [-0.2, -0.15) is 0 Å². The van der Waals surface area contributed by atoms with Gasteiger partial charge in [0.25, 0.3) is 0 Å². The third kappa shape index (κ3) is 4.97. The van der Waals surface area contributed by atoms with E-state index in [4.69, 9.17) is 18.8 Å². The molecule has 1 unspecified atom stereocenters. The van der Waals surface area contributed by atoms with Crippen molar-refractivity contribution in [2.24, 2.45) is 9.98 Å². The largest absolute Gasteiger partial charge is 0.456 e. The van der Waals surface area contributed by atoms with E-state index in [-0.39, 0.29) is 0 Å². The second-order valence-corrected chi connectivity index (χ2v) is 14.6. The van der Waals surface area contributed by atoms with E-state index >= 15 is 0 Å². The van der Waals surface area contributed by atoms with Crippen molar-refractivity contribution in [3.05, 3.63) is 199 Å². The van der Waals surface area contributed by atoms with Gasteiger partial charge in [0.1, 0.15) is 34.3 Å². The number of benzene rings is 8. The molecule has 6 nitrogen and oxygen atoms in total. The summed E-state index contributed by atoms with van der Waals surface area (Å²) in [5, 5.41) is 10.3. The molecule has 268 valence electrons. The second kappa shape index (κ2) is 12.4. The van der Waals surface area contributed by atoms with Gasteiger partial charge >= 0.3 is 0 Å². The number of nitrogens with one attached hydrogen (secondary N) is 1. The smallest absolute Gasteiger partial charge is 0.159 e. The molecule has 1 atom stereocenters. The molecule has 0 saturated heterocycles. The minimum absolute atomic E-state index is 0.412. The van der Waals surface area contributed by atoms with Crippen molar-refractivity contribution < 1.29 is 8.83 Å². The lowest BCUT2D eigenvalue weighted by Crippen LogP contribution is -2.33. The first kappa shape index (κ1) is 31.6. The van der Waals surface area contributed by atoms with E-state index < -0.39 is 6.17 Å². The Morgan fingerprint density at radius 1 is 0.456 bits per heavy atom. The summed E-state index contributed by atoms with van der Waals surface area (Å²) >= 11 is 0. The minimum atomic E-state index is -0.412. The van der Waals surface area contributed by atoms with Crippen LogP contribution in [-0.4, -0.2) is 16.2 Å². The quantitative estimate of drug-likeness (QED) is 0.192. The van der Waals surface area contributed by atoms with Crippen molar-refractivity contribution in [3.8, 4) is 16.8 Å². The van der Waals surface area contributed by atoms with Crippen LogP contribution in [0.4, 0.5) is 0 Å². The molecule has 0 bridgehead atoms. The molecule has 1 N–H and O–H groups in total. The Bertz CT molecular complexity index is 3390. The predicted octanol–water partition coefficient (Wildman–Crippen LogP) is 12.7. The number of furan rings is 2. The number of hydrogen-bond donors (Lipinski definition) is 1. The van der Waals surface area contributed by atoms with E-state index in [0.29, 0.717) is 5.84 Å². The van der Waals surface area contributed by atoms with Crippen LogP contribution in [0.5, 0.6) is 0 Å². The first-order chi connectivity index (χ1) is 28.2. The van der Waals surface area contributed by atoms with Crippen LogP contribution in [0.1, 0.15) is 22.9 Å². The third-order valence-corrected chi connectivity index (χ3v) is 11.3. The summed E-state index contributed by atoms with van der Waals surface area (Å²) in [6, 6.07) is 63.2. The Balaban J connectivity index is 1.03. The van der Waals surface area contributed by atoms with Gasteiger partial charge in [0.05, 0.1) is 11.0 Å². The monoisotopic (exact) mass is 732 g/mol. The molecule has 0 amide bonds. The summed E-state index contributed by atoms with van der Waals surface area (Å²) in [6.45, 7) is 0. The van der Waals surface area contributed by atoms with Gasteiger partial charge in [-0.1, -0.05) is 127 Å². The summed E-state index contributed by atoms with van der Waals surface area (Å²) in [7, 11) is 0. The molecule has 8 aromatic carbocycles. The highest BCUT2D eigenvalue weighted by atomic mass is 16.3. The van der Waals surface area contributed by atoms with Crippen molar-refractivity contribution in [2.45, 2.75) is 6.17 Å². The molecular weight excluding hydrogens is 701 g/mol. The average Bonchev–Trinajstić information content (AvgIpc) is 3.96. The Kier molecular flexibility index (Phi) is 6.89. The maximum absolute atomic E-state index is 6.61. The van der Waals surface area contributed by atoms with Gasteiger partial charge in [-0.15, -0.1) is 0 Å². The summed E-state index contributed by atoms with van der Waals surface area (Å²) in [4.78, 5) is 10.2. The summed E-state index contributed by atoms with van der Waals surface area (Å²) in [5.41, 5.74) is 11.9. The van der Waals surface area contributed by atoms with Crippen LogP contribution in [0, 0.1) is 0 Å². The van der Waals surface area contributed by atoms with E-state index in [1.54, 1.807) is 0 Å². The Labute approximate surface area is 326 Å². The van der Waals surface area contributed by atoms with E-state index in [0.717, 1.165) is 83.2 Å². The molecule has 0 aliphatic carbocycles. The fourth-order valence-corrected chi connectivity index (χ4v) is 8.70. The molecule has 0 fully saturated rings. The van der Waals surface area contributed by atoms with Crippen molar-refractivity contribution >= 4 is 77.4 Å². The van der Waals surface area contributed by atoms with Crippen LogP contribution in [-0.2, 0) is 0 Å². The average molecular weight is 733 g/mol. The number of hydrogen-bond acceptors (Lipinski definition) is 5. The molecule has 57 heavy (non-hydrogen) atoms. The molecule has 3 aromatic heterocycles. The van der Waals surface area contributed by atoms with Crippen LogP contribution >= 0.6 is 0 Å². The standard InChI is InChI=1S/C51H32N4O2/c1-3-13-31(14-4-1)49-52-50(32-15-5-2-6-16-32)54-51(53-49)38-20-12-24-46-48(38)47-35(19-11-23-45(47)57-46)33-25-27-43-39(29-33)40-30-34(26-28-44(40)56-43)55-41-21-9-7-17-36(41)37-18-8-10-22-42(37)55/h1-30,51H,(H,52,53,54). The predicted molar refractivity (Wildman–Crippen MR) is 233 cm³/mol. The normalized spacial score (nSPS) is 14.5. The Hall–Kier alpha value is -7.70. The second-order valence-electron chi connectivity index (χ2n) is 14.6. The van der Waals surface area contributed by atoms with Gasteiger partial charge in [0.15, 0.2) is 5.84 Å². The first-order valence-electron chi connectivity index (χ1n) is 19.2. The van der Waals surface area contributed by atoms with E-state index in [1.165, 1.54) is 21.8 Å². The number of amidine groups is 2. The zero-order chi connectivity index (χ0) is 37.5. The number of aromatic nitrogens is 1. The summed E-state index contributed by atoms with van der Waals surface area (Å²) in [5.74, 6) is 1.46. The number of para-hydroxylation sites is 2. The maximum Gasteiger partial charge on any atom is 0.159 e. The van der Waals surface area contributed by atoms with Gasteiger partial charge in [-0.25, -0.2) is 9.98 Å². The molecule has 11 aromatic rings. The molecule has 0 spiro atoms. The topological polar surface area (TPSA) is 68.0 Å². The van der Waals surface area contributed by atoms with Crippen LogP contribution in [0.2, 0.25) is 0 Å². The van der Waals surface area contributed by atoms with Crippen molar-refractivity contribution in [2.75, 3.05) is 0 Å². The van der Waals surface area contributed by atoms with Gasteiger partial charge < -0.3 is 18.7 Å². The molecule has 1 aliphatic heterocycles. The molecule has 12 rings (SSSR count). The zero-order valence-electron chi connectivity index (χ0n) is 30.6. The number of fused-ring (bicyclic) bond motifs is 9. The van der Waals surface area contributed by atoms with Crippen LogP contribution in [0.25, 0.3) is 82.5 Å². The fourth-order valence-electron chi connectivity index (χ4n) is 8.70. The lowest BCUT2D eigenvalue weighted by Gasteiger charge is -2.24. The highest BCUT2D eigenvalue weighted by Crippen LogP contribution is 2.43. The molecule has 1 aliphatic rings. The molecular formula is C51H32N4O2. The van der Waals surface area contributed by atoms with Crippen LogP contribution < -0.4 is 5.32 Å². The molecule has 0 saturated carbocycles. The summed E-state index contributed by atoms with van der Waals surface area (Å²) < 4.78 is 15.4. The zero-order valence-corrected chi connectivity index (χ0v) is 30.6. The maximum atomic E-state index is 6.61. The molecule has 4 heterocycles. The van der Waals surface area contributed by atoms with Gasteiger partial charge in [-0.05, 0) is 65.7 Å². The first-order valence-corrected chi connectivity index (χ1v) is 19.2. The van der Waals surface area contributed by atoms with Gasteiger partial charge in [0, 0.05) is 54.7 Å². The highest BCUT2D eigenvalue weighted by Gasteiger charge is 2.26.